The summed E-state index contributed by atoms with van der Waals surface area (Å²) in [5.41, 5.74) is 0. The molecule has 0 fully saturated rings. The maximum absolute atomic E-state index is 5.87. The van der Waals surface area contributed by atoms with Crippen molar-refractivity contribution in [1.29, 1.82) is 0 Å². The molecule has 0 spiro atoms. The van der Waals surface area contributed by atoms with Crippen molar-refractivity contribution >= 4 is 0 Å². The van der Waals surface area contributed by atoms with Gasteiger partial charge in [-0.1, -0.05) is 69.2 Å². The summed E-state index contributed by atoms with van der Waals surface area (Å²) in [6.07, 6.45) is 4.06. The monoisotopic (exact) mass is 512 g/mol. The van der Waals surface area contributed by atoms with E-state index in [2.05, 4.69) is 34.6 Å². The van der Waals surface area contributed by atoms with Crippen LogP contribution < -0.4 is 0 Å². The van der Waals surface area contributed by atoms with Gasteiger partial charge in [-0.3, -0.25) is 0 Å². The Bertz CT molecular complexity index is 282. The van der Waals surface area contributed by atoms with Crippen molar-refractivity contribution in [2.24, 2.45) is 11.8 Å². The molecule has 0 aromatic carbocycles. The van der Waals surface area contributed by atoms with Gasteiger partial charge in [-0.25, -0.2) is 0 Å². The molecule has 0 aromatic rings. The third-order valence-corrected chi connectivity index (χ3v) is 4.30. The van der Waals surface area contributed by atoms with E-state index >= 15 is 0 Å². The summed E-state index contributed by atoms with van der Waals surface area (Å²) in [7, 11) is 0. The van der Waals surface area contributed by atoms with E-state index in [0.717, 1.165) is 38.9 Å². The van der Waals surface area contributed by atoms with E-state index in [9.17, 15) is 0 Å². The molecule has 0 aliphatic rings. The van der Waals surface area contributed by atoms with Crippen LogP contribution in [0.1, 0.15) is 75.7 Å². The van der Waals surface area contributed by atoms with Crippen molar-refractivity contribution in [2.75, 3.05) is 59.5 Å². The van der Waals surface area contributed by atoms with Gasteiger partial charge >= 0.3 is 0 Å². The first-order valence-electron chi connectivity index (χ1n) is 10.4. The van der Waals surface area contributed by atoms with Crippen molar-refractivity contribution in [3.63, 3.8) is 0 Å². The zero-order valence-corrected chi connectivity index (χ0v) is 21.1. The van der Waals surface area contributed by atoms with Crippen LogP contribution in [0.25, 0.3) is 0 Å². The van der Waals surface area contributed by atoms with Crippen LogP contribution in [0.2, 0.25) is 0 Å². The molecular formula is C24H55O5Y-. The normalized spacial score (nSPS) is 13.1. The molecule has 1 radical (unpaired) electrons. The van der Waals surface area contributed by atoms with E-state index in [1.54, 1.807) is 0 Å². The van der Waals surface area contributed by atoms with Crippen LogP contribution in [0.15, 0.2) is 0 Å². The summed E-state index contributed by atoms with van der Waals surface area (Å²) in [6.45, 7) is 18.3. The Morgan fingerprint density at radius 3 is 1.47 bits per heavy atom. The second-order valence-corrected chi connectivity index (χ2v) is 7.03. The molecular weight excluding hydrogens is 457 g/mol. The summed E-state index contributed by atoms with van der Waals surface area (Å²) >= 11 is 0. The molecule has 3 unspecified atom stereocenters. The molecule has 6 heteroatoms. The van der Waals surface area contributed by atoms with Gasteiger partial charge in [0.2, 0.25) is 0 Å². The third kappa shape index (κ3) is 28.9. The Balaban J connectivity index is -0.000000521. The fourth-order valence-electron chi connectivity index (χ4n) is 1.97. The van der Waals surface area contributed by atoms with Crippen LogP contribution in [-0.2, 0) is 56.4 Å². The van der Waals surface area contributed by atoms with Gasteiger partial charge in [0.15, 0.2) is 0 Å². The van der Waals surface area contributed by atoms with Gasteiger partial charge in [-0.15, -0.1) is 0 Å². The van der Waals surface area contributed by atoms with E-state index in [4.69, 9.17) is 23.7 Å². The molecule has 0 saturated carbocycles. The molecule has 0 aliphatic carbocycles. The Kier molecular flexibility index (Phi) is 44.0. The van der Waals surface area contributed by atoms with Crippen molar-refractivity contribution in [1.82, 2.24) is 0 Å². The Hall–Kier alpha value is 0.904. The summed E-state index contributed by atoms with van der Waals surface area (Å²) in [6, 6.07) is 0. The maximum Gasteiger partial charge on any atom is 0.104 e. The molecule has 0 amide bonds. The third-order valence-electron chi connectivity index (χ3n) is 4.30. The minimum atomic E-state index is -0.0680. The fourth-order valence-corrected chi connectivity index (χ4v) is 1.97. The number of unbranched alkanes of at least 4 members (excludes halogenated alkanes) is 1. The fraction of sp³-hybridized carbons (Fsp3) is 0.958. The van der Waals surface area contributed by atoms with Gasteiger partial charge in [-0.2, -0.15) is 6.42 Å². The Morgan fingerprint density at radius 1 is 0.633 bits per heavy atom. The van der Waals surface area contributed by atoms with Crippen LogP contribution in [0.4, 0.5) is 0 Å². The van der Waals surface area contributed by atoms with Gasteiger partial charge in [-0.05, 0) is 11.8 Å². The molecule has 185 valence electrons. The standard InChI is InChI=1S/C21H43O5.3CH4.Y/c1-6-9-10-22-17-21(26-14-13-24-16-20(5)8-3)18-25-12-11-23-15-19(4)7-2;;;;/h19-21H,1,6-18H2,2-5H3;3*1H4;/q-1;;;;. The maximum atomic E-state index is 5.87. The molecule has 0 bridgehead atoms. The molecule has 0 rings (SSSR count). The second-order valence-electron chi connectivity index (χ2n) is 7.03. The molecule has 0 aromatic heterocycles. The van der Waals surface area contributed by atoms with Gasteiger partial charge in [0.1, 0.15) is 6.10 Å². The van der Waals surface area contributed by atoms with Gasteiger partial charge in [0, 0.05) is 52.5 Å². The average Bonchev–Trinajstić information content (AvgIpc) is 2.66. The number of hydrogen-bond acceptors (Lipinski definition) is 5. The largest absolute Gasteiger partial charge is 0.379 e. The second kappa shape index (κ2) is 32.1. The zero-order valence-electron chi connectivity index (χ0n) is 18.3. The minimum absolute atomic E-state index is 0. The first kappa shape index (κ1) is 41.2. The van der Waals surface area contributed by atoms with Crippen LogP contribution in [0.3, 0.4) is 0 Å². The first-order valence-corrected chi connectivity index (χ1v) is 10.4. The predicted molar refractivity (Wildman–Crippen MR) is 127 cm³/mol. The molecule has 0 aliphatic heterocycles. The predicted octanol–water partition coefficient (Wildman–Crippen LogP) is 6.05. The van der Waals surface area contributed by atoms with E-state index < -0.39 is 0 Å². The summed E-state index contributed by atoms with van der Waals surface area (Å²) in [5, 5.41) is 0. The first-order chi connectivity index (χ1) is 12.6. The molecule has 0 N–H and O–H groups in total. The van der Waals surface area contributed by atoms with Crippen LogP contribution in [0, 0.1) is 18.8 Å². The molecule has 5 nitrogen and oxygen atoms in total. The Labute approximate surface area is 215 Å². The van der Waals surface area contributed by atoms with Gasteiger partial charge in [0.05, 0.1) is 39.6 Å². The number of hydrogen-bond donors (Lipinski definition) is 0. The summed E-state index contributed by atoms with van der Waals surface area (Å²) < 4.78 is 28.5. The number of ether oxygens (including phenoxy) is 5. The smallest absolute Gasteiger partial charge is 0.104 e. The molecule has 30 heavy (non-hydrogen) atoms. The molecule has 0 heterocycles. The van der Waals surface area contributed by atoms with Crippen molar-refractivity contribution in [3.05, 3.63) is 6.92 Å². The van der Waals surface area contributed by atoms with Crippen LogP contribution >= 0.6 is 0 Å². The minimum Gasteiger partial charge on any atom is -0.379 e. The topological polar surface area (TPSA) is 46.2 Å². The van der Waals surface area contributed by atoms with Crippen molar-refractivity contribution < 1.29 is 56.4 Å². The summed E-state index contributed by atoms with van der Waals surface area (Å²) in [4.78, 5) is 0. The van der Waals surface area contributed by atoms with Gasteiger partial charge in [0.25, 0.3) is 0 Å². The SMILES string of the molecule is C.C.C.[CH2-]CCCOCC(COCCOCC(C)CC)OCCOCC(C)CC.[Y]. The van der Waals surface area contributed by atoms with Crippen molar-refractivity contribution in [3.8, 4) is 0 Å². The van der Waals surface area contributed by atoms with Crippen molar-refractivity contribution in [2.45, 2.75) is 81.8 Å². The number of rotatable bonds is 20. The van der Waals surface area contributed by atoms with E-state index in [1.165, 1.54) is 0 Å². The quantitative estimate of drug-likeness (QED) is 0.147. The van der Waals surface area contributed by atoms with Crippen LogP contribution in [0.5, 0.6) is 0 Å². The van der Waals surface area contributed by atoms with E-state index in [1.807, 2.05) is 0 Å². The Morgan fingerprint density at radius 2 is 1.03 bits per heavy atom. The molecule has 3 atom stereocenters. The van der Waals surface area contributed by atoms with Crippen LogP contribution in [-0.4, -0.2) is 65.6 Å². The van der Waals surface area contributed by atoms with E-state index in [-0.39, 0.29) is 61.1 Å². The zero-order chi connectivity index (χ0) is 19.5. The van der Waals surface area contributed by atoms with Gasteiger partial charge < -0.3 is 30.6 Å². The molecule has 0 saturated heterocycles. The summed E-state index contributed by atoms with van der Waals surface area (Å²) in [5.74, 6) is 1.19. The van der Waals surface area contributed by atoms with E-state index in [0.29, 0.717) is 58.1 Å². The average molecular weight is 513 g/mol.